The predicted octanol–water partition coefficient (Wildman–Crippen LogP) is 4.07. The van der Waals surface area contributed by atoms with Crippen LogP contribution in [0.2, 0.25) is 0 Å². The molecule has 5 rings (SSSR count). The topological polar surface area (TPSA) is 53.5 Å². The largest absolute Gasteiger partial charge is 0.342 e. The van der Waals surface area contributed by atoms with Crippen molar-refractivity contribution in [3.05, 3.63) is 77.7 Å². The van der Waals surface area contributed by atoms with Crippen LogP contribution in [0.1, 0.15) is 35.2 Å². The quantitative estimate of drug-likeness (QED) is 0.628. The Kier molecular flexibility index (Phi) is 5.16. The first kappa shape index (κ1) is 20.6. The molecule has 164 valence electrons. The molecule has 1 spiro atoms. The van der Waals surface area contributed by atoms with Gasteiger partial charge in [-0.1, -0.05) is 24.3 Å². The third-order valence-corrected chi connectivity index (χ3v) is 7.22. The number of hydrogen-bond acceptors (Lipinski definition) is 3. The molecule has 0 aliphatic carbocycles. The Morgan fingerprint density at radius 1 is 1.09 bits per heavy atom. The molecule has 2 fully saturated rings. The molecule has 2 aliphatic rings. The van der Waals surface area contributed by atoms with E-state index in [-0.39, 0.29) is 23.7 Å². The number of carbonyl (C=O) groups is 2. The van der Waals surface area contributed by atoms with Gasteiger partial charge in [0.1, 0.15) is 5.82 Å². The third kappa shape index (κ3) is 3.53. The molecule has 2 aliphatic heterocycles. The number of aromatic nitrogens is 1. The molecule has 1 aromatic heterocycles. The summed E-state index contributed by atoms with van der Waals surface area (Å²) < 4.78 is 13.2. The Morgan fingerprint density at radius 2 is 1.84 bits per heavy atom. The van der Waals surface area contributed by atoms with Crippen LogP contribution in [0.3, 0.4) is 0 Å². The SMILES string of the molecule is CN1C(=O)C2(CCN(C(=O)c3cccc4ncccc34)CC2)CC1Cc1ccc(F)cc1. The van der Waals surface area contributed by atoms with E-state index in [0.717, 1.165) is 29.3 Å². The van der Waals surface area contributed by atoms with E-state index in [9.17, 15) is 14.0 Å². The highest BCUT2D eigenvalue weighted by Crippen LogP contribution is 2.45. The molecule has 2 saturated heterocycles. The summed E-state index contributed by atoms with van der Waals surface area (Å²) in [7, 11) is 1.87. The van der Waals surface area contributed by atoms with Gasteiger partial charge in [-0.05, 0) is 61.6 Å². The van der Waals surface area contributed by atoms with Gasteiger partial charge in [0.05, 0.1) is 10.9 Å². The molecule has 0 bridgehead atoms. The lowest BCUT2D eigenvalue weighted by Crippen LogP contribution is -2.46. The molecule has 32 heavy (non-hydrogen) atoms. The number of amides is 2. The van der Waals surface area contributed by atoms with Gasteiger partial charge in [-0.25, -0.2) is 4.39 Å². The van der Waals surface area contributed by atoms with Crippen molar-refractivity contribution in [3.8, 4) is 0 Å². The number of likely N-dealkylation sites (tertiary alicyclic amines) is 2. The summed E-state index contributed by atoms with van der Waals surface area (Å²) in [4.78, 5) is 34.6. The standard InChI is InChI=1S/C26H26FN3O2/c1-29-20(16-18-7-9-19(27)10-8-18)17-26(25(29)32)11-14-30(15-12-26)24(31)22-4-2-6-23-21(22)5-3-13-28-23/h2-10,13,20H,11-12,14-17H2,1H3. The average Bonchev–Trinajstić information content (AvgIpc) is 3.04. The van der Waals surface area contributed by atoms with E-state index in [0.29, 0.717) is 31.5 Å². The van der Waals surface area contributed by atoms with E-state index in [1.165, 1.54) is 12.1 Å². The zero-order chi connectivity index (χ0) is 22.3. The van der Waals surface area contributed by atoms with E-state index in [1.54, 1.807) is 18.3 Å². The summed E-state index contributed by atoms with van der Waals surface area (Å²) in [6, 6.07) is 16.0. The highest BCUT2D eigenvalue weighted by Gasteiger charge is 2.51. The molecule has 2 amide bonds. The number of pyridine rings is 1. The lowest BCUT2D eigenvalue weighted by molar-refractivity contribution is -0.137. The van der Waals surface area contributed by atoms with Crippen molar-refractivity contribution in [2.75, 3.05) is 20.1 Å². The minimum absolute atomic E-state index is 0.000104. The Morgan fingerprint density at radius 3 is 2.59 bits per heavy atom. The zero-order valence-corrected chi connectivity index (χ0v) is 18.1. The maximum absolute atomic E-state index is 13.3. The van der Waals surface area contributed by atoms with E-state index in [1.807, 2.05) is 47.2 Å². The highest BCUT2D eigenvalue weighted by molar-refractivity contribution is 6.06. The van der Waals surface area contributed by atoms with Crippen molar-refractivity contribution in [2.24, 2.45) is 5.41 Å². The van der Waals surface area contributed by atoms with Gasteiger partial charge < -0.3 is 9.80 Å². The fraction of sp³-hybridized carbons (Fsp3) is 0.346. The molecule has 2 aromatic carbocycles. The molecule has 5 nitrogen and oxygen atoms in total. The summed E-state index contributed by atoms with van der Waals surface area (Å²) in [6.07, 6.45) is 4.57. The zero-order valence-electron chi connectivity index (χ0n) is 18.1. The second kappa shape index (κ2) is 8.01. The van der Waals surface area contributed by atoms with Crippen molar-refractivity contribution in [1.29, 1.82) is 0 Å². The summed E-state index contributed by atoms with van der Waals surface area (Å²) in [5, 5.41) is 0.858. The van der Waals surface area contributed by atoms with E-state index in [4.69, 9.17) is 0 Å². The number of piperidine rings is 1. The third-order valence-electron chi connectivity index (χ3n) is 7.22. The van der Waals surface area contributed by atoms with Crippen LogP contribution in [0, 0.1) is 11.2 Å². The number of benzene rings is 2. The molecule has 1 unspecified atom stereocenters. The molecular weight excluding hydrogens is 405 g/mol. The minimum Gasteiger partial charge on any atom is -0.342 e. The van der Waals surface area contributed by atoms with Gasteiger partial charge in [-0.15, -0.1) is 0 Å². The number of hydrogen-bond donors (Lipinski definition) is 0. The number of likely N-dealkylation sites (N-methyl/N-ethyl adjacent to an activating group) is 1. The maximum atomic E-state index is 13.3. The molecular formula is C26H26FN3O2. The average molecular weight is 432 g/mol. The fourth-order valence-corrected chi connectivity index (χ4v) is 5.33. The van der Waals surface area contributed by atoms with Gasteiger partial charge in [-0.2, -0.15) is 0 Å². The first-order chi connectivity index (χ1) is 15.5. The Labute approximate surface area is 186 Å². The second-order valence-corrected chi connectivity index (χ2v) is 9.05. The van der Waals surface area contributed by atoms with Crippen LogP contribution in [0.4, 0.5) is 4.39 Å². The monoisotopic (exact) mass is 431 g/mol. The van der Waals surface area contributed by atoms with Crippen LogP contribution in [-0.4, -0.2) is 52.8 Å². The van der Waals surface area contributed by atoms with Crippen LogP contribution in [0.25, 0.3) is 10.9 Å². The number of carbonyl (C=O) groups excluding carboxylic acids is 2. The second-order valence-electron chi connectivity index (χ2n) is 9.05. The fourth-order valence-electron chi connectivity index (χ4n) is 5.33. The van der Waals surface area contributed by atoms with Gasteiger partial charge in [0.15, 0.2) is 0 Å². The summed E-state index contributed by atoms with van der Waals surface area (Å²) in [6.45, 7) is 1.14. The molecule has 3 heterocycles. The van der Waals surface area contributed by atoms with Gasteiger partial charge in [-0.3, -0.25) is 14.6 Å². The van der Waals surface area contributed by atoms with Crippen molar-refractivity contribution in [1.82, 2.24) is 14.8 Å². The lowest BCUT2D eigenvalue weighted by Gasteiger charge is -2.38. The van der Waals surface area contributed by atoms with Crippen LogP contribution in [0.5, 0.6) is 0 Å². The first-order valence-electron chi connectivity index (χ1n) is 11.1. The van der Waals surface area contributed by atoms with Crippen LogP contribution < -0.4 is 0 Å². The van der Waals surface area contributed by atoms with Crippen molar-refractivity contribution < 1.29 is 14.0 Å². The summed E-state index contributed by atoms with van der Waals surface area (Å²) in [5.74, 6) is -0.0775. The van der Waals surface area contributed by atoms with Crippen LogP contribution >= 0.6 is 0 Å². The predicted molar refractivity (Wildman–Crippen MR) is 121 cm³/mol. The molecule has 1 atom stereocenters. The number of fused-ring (bicyclic) bond motifs is 1. The molecule has 0 N–H and O–H groups in total. The lowest BCUT2D eigenvalue weighted by atomic mass is 9.75. The van der Waals surface area contributed by atoms with Crippen LogP contribution in [0.15, 0.2) is 60.8 Å². The first-order valence-corrected chi connectivity index (χ1v) is 11.1. The molecule has 0 radical (unpaired) electrons. The summed E-state index contributed by atoms with van der Waals surface area (Å²) >= 11 is 0. The smallest absolute Gasteiger partial charge is 0.254 e. The van der Waals surface area contributed by atoms with Gasteiger partial charge in [0.25, 0.3) is 5.91 Å². The maximum Gasteiger partial charge on any atom is 0.254 e. The molecule has 3 aromatic rings. The Balaban J connectivity index is 1.29. The van der Waals surface area contributed by atoms with Crippen molar-refractivity contribution >= 4 is 22.7 Å². The Bertz CT molecular complexity index is 1160. The van der Waals surface area contributed by atoms with Crippen molar-refractivity contribution in [3.63, 3.8) is 0 Å². The Hall–Kier alpha value is -3.28. The normalized spacial score (nSPS) is 20.3. The van der Waals surface area contributed by atoms with Gasteiger partial charge in [0.2, 0.25) is 5.91 Å². The van der Waals surface area contributed by atoms with E-state index in [2.05, 4.69) is 4.98 Å². The summed E-state index contributed by atoms with van der Waals surface area (Å²) in [5.41, 5.74) is 2.10. The van der Waals surface area contributed by atoms with Gasteiger partial charge in [0, 0.05) is 43.3 Å². The molecule has 0 saturated carbocycles. The highest BCUT2D eigenvalue weighted by atomic mass is 19.1. The minimum atomic E-state index is -0.406. The van der Waals surface area contributed by atoms with E-state index >= 15 is 0 Å². The molecule has 6 heteroatoms. The number of halogens is 1. The van der Waals surface area contributed by atoms with Gasteiger partial charge >= 0.3 is 0 Å². The van der Waals surface area contributed by atoms with Crippen molar-refractivity contribution in [2.45, 2.75) is 31.7 Å². The number of rotatable bonds is 3. The van der Waals surface area contributed by atoms with Crippen LogP contribution in [-0.2, 0) is 11.2 Å². The van der Waals surface area contributed by atoms with E-state index < -0.39 is 5.41 Å². The number of nitrogens with zero attached hydrogens (tertiary/aromatic N) is 3.